The van der Waals surface area contributed by atoms with Gasteiger partial charge in [-0.3, -0.25) is 4.51 Å². The van der Waals surface area contributed by atoms with Gasteiger partial charge in [-0.15, -0.1) is 0 Å². The van der Waals surface area contributed by atoms with Crippen molar-refractivity contribution in [1.29, 1.82) is 0 Å². The third-order valence-corrected chi connectivity index (χ3v) is 3.97. The standard InChI is InChI=1S/CH6N3OP3/c1-5-8-3-6-2-7-4-8/h3,6H,1H3,(H,2,4). The van der Waals surface area contributed by atoms with Crippen molar-refractivity contribution in [1.82, 2.24) is 13.5 Å². The van der Waals surface area contributed by atoms with E-state index in [1.807, 2.05) is 0 Å². The number of hydrogen-bond donors (Lipinski definition) is 2. The summed E-state index contributed by atoms with van der Waals surface area (Å²) < 4.78 is 15.0. The fourth-order valence-electron chi connectivity index (χ4n) is 0.265. The molecule has 1 aromatic rings. The number of rotatable bonds is 1. The summed E-state index contributed by atoms with van der Waals surface area (Å²) >= 11 is 0. The zero-order valence-corrected chi connectivity index (χ0v) is 7.04. The molecule has 1 rings (SSSR count). The molecule has 0 radical (unpaired) electrons. The third kappa shape index (κ3) is 1.65. The molecule has 1 heterocycles. The Hall–Kier alpha value is 0.260. The lowest BCUT2D eigenvalue weighted by Gasteiger charge is -1.91. The normalized spacial score (nSPS) is 13.4. The van der Waals surface area contributed by atoms with Crippen molar-refractivity contribution < 1.29 is 4.52 Å². The minimum absolute atomic E-state index is 0.587. The van der Waals surface area contributed by atoms with Gasteiger partial charge < -0.3 is 9.03 Å². The van der Waals surface area contributed by atoms with Crippen LogP contribution in [0.15, 0.2) is 0 Å². The highest BCUT2D eigenvalue weighted by Gasteiger charge is 1.81. The predicted molar refractivity (Wildman–Crippen MR) is 37.8 cm³/mol. The quantitative estimate of drug-likeness (QED) is 0.669. The van der Waals surface area contributed by atoms with E-state index in [9.17, 15) is 0 Å². The SMILES string of the molecule is COp1np[nH][pH][nH]1. The van der Waals surface area contributed by atoms with Gasteiger partial charge in [0.2, 0.25) is 8.08 Å². The zero-order chi connectivity index (χ0) is 5.82. The van der Waals surface area contributed by atoms with E-state index in [1.165, 1.54) is 0 Å². The van der Waals surface area contributed by atoms with Crippen molar-refractivity contribution >= 4 is 25.1 Å². The maximum atomic E-state index is 4.94. The first kappa shape index (κ1) is 6.38. The first-order valence-corrected chi connectivity index (χ1v) is 5.00. The highest BCUT2D eigenvalue weighted by Crippen LogP contribution is 2.16. The number of nitrogens with one attached hydrogen (secondary N) is 2. The number of H-pyrrole nitrogens is 2. The summed E-state index contributed by atoms with van der Waals surface area (Å²) in [4.78, 5) is 0. The second-order valence-electron chi connectivity index (χ2n) is 0.994. The van der Waals surface area contributed by atoms with Gasteiger partial charge in [0.1, 0.15) is 8.51 Å². The first-order valence-electron chi connectivity index (χ1n) is 1.94. The van der Waals surface area contributed by atoms with Crippen LogP contribution in [0.25, 0.3) is 0 Å². The summed E-state index contributed by atoms with van der Waals surface area (Å²) in [6.45, 7) is 0. The molecule has 0 saturated heterocycles. The fourth-order valence-corrected chi connectivity index (χ4v) is 3.64. The van der Waals surface area contributed by atoms with E-state index in [2.05, 4.69) is 13.5 Å². The topological polar surface area (TPSA) is 53.7 Å². The van der Waals surface area contributed by atoms with E-state index < -0.39 is 8.08 Å². The van der Waals surface area contributed by atoms with Gasteiger partial charge in [-0.25, -0.2) is 0 Å². The Balaban J connectivity index is 2.83. The Labute approximate surface area is 51.1 Å². The zero-order valence-electron chi connectivity index (χ0n) is 4.25. The highest BCUT2D eigenvalue weighted by atomic mass is 31.2. The van der Waals surface area contributed by atoms with Gasteiger partial charge in [0.05, 0.1) is 0 Å². The summed E-state index contributed by atoms with van der Waals surface area (Å²) in [5.74, 6) is 0. The van der Waals surface area contributed by atoms with Gasteiger partial charge in [0.25, 0.3) is 0 Å². The third-order valence-electron chi connectivity index (χ3n) is 0.556. The van der Waals surface area contributed by atoms with Crippen molar-refractivity contribution in [2.24, 2.45) is 0 Å². The van der Waals surface area contributed by atoms with E-state index in [0.29, 0.717) is 8.51 Å². The molecule has 2 atom stereocenters. The summed E-state index contributed by atoms with van der Waals surface area (Å²) in [6.07, 6.45) is 0. The minimum atomic E-state index is -0.657. The lowest BCUT2D eigenvalue weighted by atomic mass is 11.8. The van der Waals surface area contributed by atoms with Crippen LogP contribution in [0.3, 0.4) is 0 Å². The van der Waals surface area contributed by atoms with Gasteiger partial charge in [-0.2, -0.15) is 4.51 Å². The Morgan fingerprint density at radius 1 is 1.88 bits per heavy atom. The van der Waals surface area contributed by atoms with Gasteiger partial charge in [0.15, 0.2) is 0 Å². The molecule has 0 saturated carbocycles. The minimum Gasteiger partial charge on any atom is -0.307 e. The molecule has 0 aliphatic heterocycles. The van der Waals surface area contributed by atoms with E-state index in [0.717, 1.165) is 8.51 Å². The molecule has 4 nitrogen and oxygen atoms in total. The van der Waals surface area contributed by atoms with Gasteiger partial charge in [-0.1, -0.05) is 0 Å². The maximum Gasteiger partial charge on any atom is 0.202 e. The molecule has 0 aliphatic rings. The van der Waals surface area contributed by atoms with E-state index >= 15 is 0 Å². The maximum absolute atomic E-state index is 4.94. The number of hydrogen-bond acceptors (Lipinski definition) is 2. The van der Waals surface area contributed by atoms with Crippen LogP contribution >= 0.6 is 25.1 Å². The molecular weight excluding hydrogens is 163 g/mol. The smallest absolute Gasteiger partial charge is 0.202 e. The van der Waals surface area contributed by atoms with Crippen LogP contribution in [0, 0.1) is 0 Å². The average Bonchev–Trinajstić information content (AvgIpc) is 1.90. The average molecular weight is 169 g/mol. The van der Waals surface area contributed by atoms with Crippen molar-refractivity contribution in [3.8, 4) is 0 Å². The lowest BCUT2D eigenvalue weighted by Crippen LogP contribution is -1.78. The molecule has 7 heteroatoms. The second-order valence-corrected chi connectivity index (χ2v) is 4.86. The summed E-state index contributed by atoms with van der Waals surface area (Å²) in [5, 5.41) is 0. The molecule has 0 bridgehead atoms. The van der Waals surface area contributed by atoms with E-state index in [1.54, 1.807) is 7.11 Å². The number of aromatic amines is 2. The molecule has 46 valence electrons. The van der Waals surface area contributed by atoms with Crippen molar-refractivity contribution in [2.45, 2.75) is 0 Å². The van der Waals surface area contributed by atoms with Crippen LogP contribution in [0.4, 0.5) is 0 Å². The Bertz CT molecular complexity index is 156. The Morgan fingerprint density at radius 2 is 2.75 bits per heavy atom. The summed E-state index contributed by atoms with van der Waals surface area (Å²) in [6, 6.07) is 0. The monoisotopic (exact) mass is 169 g/mol. The highest BCUT2D eigenvalue weighted by molar-refractivity contribution is 7.50. The van der Waals surface area contributed by atoms with Crippen molar-refractivity contribution in [3.63, 3.8) is 0 Å². The lowest BCUT2D eigenvalue weighted by molar-refractivity contribution is 0.547. The van der Waals surface area contributed by atoms with E-state index in [-0.39, 0.29) is 0 Å². The van der Waals surface area contributed by atoms with E-state index in [4.69, 9.17) is 4.52 Å². The van der Waals surface area contributed by atoms with Gasteiger partial charge >= 0.3 is 0 Å². The molecule has 0 amide bonds. The Morgan fingerprint density at radius 3 is 3.12 bits per heavy atom. The Kier molecular flexibility index (Phi) is 2.65. The number of aromatic nitrogens is 3. The molecule has 0 spiro atoms. The van der Waals surface area contributed by atoms with Gasteiger partial charge in [-0.05, 0) is 0 Å². The second kappa shape index (κ2) is 3.32. The molecule has 0 aliphatic carbocycles. The van der Waals surface area contributed by atoms with Crippen LogP contribution in [-0.4, -0.2) is 20.6 Å². The van der Waals surface area contributed by atoms with Crippen LogP contribution in [0.5, 0.6) is 0 Å². The van der Waals surface area contributed by atoms with Crippen LogP contribution in [0.1, 0.15) is 0 Å². The summed E-state index contributed by atoms with van der Waals surface area (Å²) in [7, 11) is 2.53. The molecular formula is CH6N3OP3. The van der Waals surface area contributed by atoms with Crippen molar-refractivity contribution in [3.05, 3.63) is 0 Å². The predicted octanol–water partition coefficient (Wildman–Crippen LogP) is 1.52. The molecule has 8 heavy (non-hydrogen) atoms. The molecule has 0 aromatic carbocycles. The van der Waals surface area contributed by atoms with Crippen LogP contribution < -0.4 is 4.52 Å². The van der Waals surface area contributed by atoms with Crippen LogP contribution in [0.2, 0.25) is 0 Å². The molecule has 2 N–H and O–H groups in total. The summed E-state index contributed by atoms with van der Waals surface area (Å²) in [5.41, 5.74) is 0. The molecule has 2 unspecified atom stereocenters. The first-order chi connectivity index (χ1) is 3.93. The van der Waals surface area contributed by atoms with Crippen LogP contribution in [-0.2, 0) is 0 Å². The molecule has 1 aromatic heterocycles. The van der Waals surface area contributed by atoms with Crippen molar-refractivity contribution in [2.75, 3.05) is 7.11 Å². The fraction of sp³-hybridized carbons (Fsp3) is 1.00. The largest absolute Gasteiger partial charge is 0.307 e. The van der Waals surface area contributed by atoms with Gasteiger partial charge in [0, 0.05) is 15.6 Å². The molecule has 0 fully saturated rings. The number of nitrogens with zero attached hydrogens (tertiary/aromatic N) is 1.